The Morgan fingerprint density at radius 3 is 2.69 bits per heavy atom. The zero-order valence-electron chi connectivity index (χ0n) is 15.7. The number of fused-ring (bicyclic) bond motifs is 1. The number of hydrogen-bond donors (Lipinski definition) is 4. The molecule has 26 heavy (non-hydrogen) atoms. The molecule has 2 fully saturated rings. The summed E-state index contributed by atoms with van der Waals surface area (Å²) in [5, 5.41) is 23.3. The monoisotopic (exact) mass is 383 g/mol. The van der Waals surface area contributed by atoms with Crippen molar-refractivity contribution in [1.82, 2.24) is 10.2 Å². The molecule has 3 aliphatic rings. The highest BCUT2D eigenvalue weighted by Gasteiger charge is 2.60. The standard InChI is InChI=1S/C18H29N3O4S/c1-8-13-12(9(2)22)16(23)21(13)14(17(24)25)15(8)26-11-5-10(20-7-11)6-18(3,4)19/h8-13,20,22H,5-7,19H2,1-4H3,(H,24,25)/t8-,9-,10+,11+,12-,13-/m1/s1. The molecular weight excluding hydrogens is 354 g/mol. The molecule has 0 spiro atoms. The van der Waals surface area contributed by atoms with Gasteiger partial charge < -0.3 is 26.2 Å². The molecule has 3 rings (SSSR count). The Kier molecular flexibility index (Phi) is 5.16. The van der Waals surface area contributed by atoms with Gasteiger partial charge in [0.05, 0.1) is 18.1 Å². The topological polar surface area (TPSA) is 116 Å². The first-order valence-electron chi connectivity index (χ1n) is 9.18. The highest BCUT2D eigenvalue weighted by atomic mass is 32.2. The average molecular weight is 384 g/mol. The highest BCUT2D eigenvalue weighted by molar-refractivity contribution is 8.03. The van der Waals surface area contributed by atoms with Crippen molar-refractivity contribution >= 4 is 23.6 Å². The van der Waals surface area contributed by atoms with Gasteiger partial charge in [-0.1, -0.05) is 6.92 Å². The molecule has 0 aromatic carbocycles. The van der Waals surface area contributed by atoms with Crippen LogP contribution >= 0.6 is 11.8 Å². The molecule has 3 aliphatic heterocycles. The van der Waals surface area contributed by atoms with E-state index in [2.05, 4.69) is 5.32 Å². The average Bonchev–Trinajstić information content (AvgIpc) is 3.00. The summed E-state index contributed by atoms with van der Waals surface area (Å²) >= 11 is 1.57. The molecule has 146 valence electrons. The van der Waals surface area contributed by atoms with Gasteiger partial charge in [-0.3, -0.25) is 4.79 Å². The summed E-state index contributed by atoms with van der Waals surface area (Å²) in [5.74, 6) is -1.93. The van der Waals surface area contributed by atoms with Crippen molar-refractivity contribution in [2.75, 3.05) is 6.54 Å². The van der Waals surface area contributed by atoms with Crippen molar-refractivity contribution < 1.29 is 19.8 Å². The number of carbonyl (C=O) groups is 2. The molecule has 0 bridgehead atoms. The highest BCUT2D eigenvalue weighted by Crippen LogP contribution is 2.51. The maximum atomic E-state index is 12.4. The van der Waals surface area contributed by atoms with Crippen LogP contribution in [0.1, 0.15) is 40.5 Å². The molecule has 0 aromatic rings. The fourth-order valence-corrected chi connectivity index (χ4v) is 6.04. The molecule has 0 unspecified atom stereocenters. The minimum absolute atomic E-state index is 0.0756. The molecule has 5 N–H and O–H groups in total. The Balaban J connectivity index is 1.75. The zero-order valence-corrected chi connectivity index (χ0v) is 16.5. The second-order valence-corrected chi connectivity index (χ2v) is 9.89. The summed E-state index contributed by atoms with van der Waals surface area (Å²) in [6, 6.07) is 0.0752. The summed E-state index contributed by atoms with van der Waals surface area (Å²) in [4.78, 5) is 26.4. The lowest BCUT2D eigenvalue weighted by Gasteiger charge is -2.46. The third-order valence-electron chi connectivity index (χ3n) is 5.56. The zero-order chi connectivity index (χ0) is 19.4. The third kappa shape index (κ3) is 3.40. The molecule has 6 atom stereocenters. The number of carbonyl (C=O) groups excluding carboxylic acids is 1. The predicted molar refractivity (Wildman–Crippen MR) is 100 cm³/mol. The van der Waals surface area contributed by atoms with Crippen molar-refractivity contribution in [2.45, 2.75) is 69.5 Å². The van der Waals surface area contributed by atoms with E-state index in [1.54, 1.807) is 18.7 Å². The lowest BCUT2D eigenvalue weighted by molar-refractivity contribution is -0.163. The Morgan fingerprint density at radius 2 is 2.15 bits per heavy atom. The summed E-state index contributed by atoms with van der Waals surface area (Å²) in [6.45, 7) is 8.37. The fraction of sp³-hybridized carbons (Fsp3) is 0.778. The van der Waals surface area contributed by atoms with Gasteiger partial charge in [0.15, 0.2) is 0 Å². The molecule has 1 amide bonds. The van der Waals surface area contributed by atoms with E-state index in [0.29, 0.717) is 6.04 Å². The Bertz CT molecular complexity index is 643. The van der Waals surface area contributed by atoms with Crippen LogP contribution in [-0.2, 0) is 9.59 Å². The lowest BCUT2D eigenvalue weighted by atomic mass is 9.79. The smallest absolute Gasteiger partial charge is 0.353 e. The minimum atomic E-state index is -1.06. The molecule has 0 radical (unpaired) electrons. The number of nitrogens with one attached hydrogen (secondary N) is 1. The molecule has 0 saturated carbocycles. The largest absolute Gasteiger partial charge is 0.477 e. The van der Waals surface area contributed by atoms with Gasteiger partial charge in [-0.05, 0) is 33.6 Å². The van der Waals surface area contributed by atoms with Gasteiger partial charge in [-0.25, -0.2) is 4.79 Å². The Morgan fingerprint density at radius 1 is 1.50 bits per heavy atom. The van der Waals surface area contributed by atoms with E-state index in [1.807, 2.05) is 20.8 Å². The van der Waals surface area contributed by atoms with Gasteiger partial charge in [0, 0.05) is 34.2 Å². The maximum Gasteiger partial charge on any atom is 0.353 e. The van der Waals surface area contributed by atoms with E-state index in [-0.39, 0.29) is 34.4 Å². The van der Waals surface area contributed by atoms with Crippen molar-refractivity contribution in [1.29, 1.82) is 0 Å². The first-order chi connectivity index (χ1) is 12.0. The number of hydrogen-bond acceptors (Lipinski definition) is 6. The Hall–Kier alpha value is -1.09. The lowest BCUT2D eigenvalue weighted by Crippen LogP contribution is -2.63. The molecule has 8 heteroatoms. The minimum Gasteiger partial charge on any atom is -0.477 e. The first-order valence-corrected chi connectivity index (χ1v) is 10.1. The van der Waals surface area contributed by atoms with Crippen LogP contribution in [0.15, 0.2) is 10.6 Å². The van der Waals surface area contributed by atoms with Crippen molar-refractivity contribution in [3.05, 3.63) is 10.6 Å². The number of carboxylic acid groups (broad SMARTS) is 1. The summed E-state index contributed by atoms with van der Waals surface area (Å²) in [7, 11) is 0. The number of nitrogens with zero attached hydrogens (tertiary/aromatic N) is 1. The summed E-state index contributed by atoms with van der Waals surface area (Å²) in [6.07, 6.45) is 1.02. The van der Waals surface area contributed by atoms with Crippen molar-refractivity contribution in [2.24, 2.45) is 17.6 Å². The molecule has 0 aliphatic carbocycles. The van der Waals surface area contributed by atoms with Gasteiger partial charge in [-0.2, -0.15) is 0 Å². The van der Waals surface area contributed by atoms with Crippen LogP contribution in [0.4, 0.5) is 0 Å². The van der Waals surface area contributed by atoms with E-state index >= 15 is 0 Å². The van der Waals surface area contributed by atoms with E-state index in [1.165, 1.54) is 4.90 Å². The third-order valence-corrected chi connectivity index (χ3v) is 7.07. The van der Waals surface area contributed by atoms with Crippen LogP contribution in [0.3, 0.4) is 0 Å². The van der Waals surface area contributed by atoms with E-state index in [0.717, 1.165) is 24.3 Å². The summed E-state index contributed by atoms with van der Waals surface area (Å²) < 4.78 is 0. The Labute approximate surface area is 158 Å². The number of amides is 1. The number of β-lactam (4-membered cyclic amide) rings is 1. The molecule has 2 saturated heterocycles. The van der Waals surface area contributed by atoms with Crippen LogP contribution in [0.2, 0.25) is 0 Å². The van der Waals surface area contributed by atoms with E-state index < -0.39 is 18.0 Å². The number of aliphatic hydroxyl groups excluding tert-OH is 1. The number of thioether (sulfide) groups is 1. The SMILES string of the molecule is C[C@@H](O)[C@H]1C(=O)N2C(C(=O)O)=C(S[C@@H]3CN[C@H](CC(C)(C)N)C3)[C@H](C)[C@H]12. The van der Waals surface area contributed by atoms with Gasteiger partial charge in [0.2, 0.25) is 5.91 Å². The normalized spacial score (nSPS) is 35.5. The second-order valence-electron chi connectivity index (χ2n) is 8.55. The van der Waals surface area contributed by atoms with E-state index in [9.17, 15) is 19.8 Å². The van der Waals surface area contributed by atoms with Gasteiger partial charge in [0.1, 0.15) is 5.70 Å². The number of nitrogens with two attached hydrogens (primary N) is 1. The predicted octanol–water partition coefficient (Wildman–Crippen LogP) is 0.731. The number of aliphatic carboxylic acids is 1. The molecule has 0 aromatic heterocycles. The van der Waals surface area contributed by atoms with Crippen LogP contribution in [-0.4, -0.2) is 62.5 Å². The quantitative estimate of drug-likeness (QED) is 0.500. The van der Waals surface area contributed by atoms with Crippen LogP contribution < -0.4 is 11.1 Å². The van der Waals surface area contributed by atoms with Gasteiger partial charge in [-0.15, -0.1) is 11.8 Å². The summed E-state index contributed by atoms with van der Waals surface area (Å²) in [5.41, 5.74) is 5.97. The van der Waals surface area contributed by atoms with Crippen molar-refractivity contribution in [3.63, 3.8) is 0 Å². The van der Waals surface area contributed by atoms with Crippen LogP contribution in [0.5, 0.6) is 0 Å². The van der Waals surface area contributed by atoms with Crippen LogP contribution in [0, 0.1) is 11.8 Å². The molecule has 3 heterocycles. The van der Waals surface area contributed by atoms with E-state index in [4.69, 9.17) is 5.73 Å². The second kappa shape index (κ2) is 6.82. The molecular formula is C18H29N3O4S. The number of carboxylic acids is 1. The van der Waals surface area contributed by atoms with Gasteiger partial charge in [0.25, 0.3) is 0 Å². The number of rotatable bonds is 6. The number of aliphatic hydroxyl groups is 1. The van der Waals surface area contributed by atoms with Crippen LogP contribution in [0.25, 0.3) is 0 Å². The fourth-order valence-electron chi connectivity index (χ4n) is 4.52. The maximum absolute atomic E-state index is 12.4. The molecule has 7 nitrogen and oxygen atoms in total. The van der Waals surface area contributed by atoms with Crippen molar-refractivity contribution in [3.8, 4) is 0 Å². The van der Waals surface area contributed by atoms with Gasteiger partial charge >= 0.3 is 5.97 Å². The first kappa shape index (κ1) is 19.7.